The summed E-state index contributed by atoms with van der Waals surface area (Å²) in [5.74, 6) is 0. The minimum Gasteiger partial charge on any atom is -0.394 e. The van der Waals surface area contributed by atoms with Crippen LogP contribution in [0.5, 0.6) is 0 Å². The second kappa shape index (κ2) is 6.34. The second-order valence-electron chi connectivity index (χ2n) is 5.81. The maximum atomic E-state index is 12.5. The predicted molar refractivity (Wildman–Crippen MR) is 74.9 cm³/mol. The SMILES string of the molecule is CN(CC(F)(F)F)CC(CO)(NC1CC1)c1ccccc1. The van der Waals surface area contributed by atoms with E-state index in [1.54, 1.807) is 0 Å². The zero-order valence-corrected chi connectivity index (χ0v) is 12.0. The Hall–Kier alpha value is -1.11. The van der Waals surface area contributed by atoms with Gasteiger partial charge in [0, 0.05) is 12.6 Å². The van der Waals surface area contributed by atoms with Crippen molar-refractivity contribution in [3.63, 3.8) is 0 Å². The van der Waals surface area contributed by atoms with Crippen molar-refractivity contribution in [1.82, 2.24) is 10.2 Å². The number of alkyl halides is 3. The molecule has 0 spiro atoms. The normalized spacial score (nSPS) is 18.8. The van der Waals surface area contributed by atoms with E-state index in [1.807, 2.05) is 30.3 Å². The van der Waals surface area contributed by atoms with Crippen molar-refractivity contribution in [2.45, 2.75) is 30.6 Å². The van der Waals surface area contributed by atoms with Crippen molar-refractivity contribution in [1.29, 1.82) is 0 Å². The number of aliphatic hydroxyl groups excluding tert-OH is 1. The number of nitrogens with one attached hydrogen (secondary N) is 1. The maximum Gasteiger partial charge on any atom is 0.401 e. The Bertz CT molecular complexity index is 448. The smallest absolute Gasteiger partial charge is 0.394 e. The molecule has 2 N–H and O–H groups in total. The Morgan fingerprint density at radius 1 is 1.19 bits per heavy atom. The van der Waals surface area contributed by atoms with Gasteiger partial charge in [0.1, 0.15) is 0 Å². The molecule has 0 saturated heterocycles. The van der Waals surface area contributed by atoms with Crippen LogP contribution in [0.1, 0.15) is 18.4 Å². The highest BCUT2D eigenvalue weighted by Gasteiger charge is 2.40. The van der Waals surface area contributed by atoms with E-state index in [0.717, 1.165) is 18.4 Å². The first-order chi connectivity index (χ1) is 9.85. The van der Waals surface area contributed by atoms with E-state index < -0.39 is 18.3 Å². The molecule has 1 aromatic carbocycles. The summed E-state index contributed by atoms with van der Waals surface area (Å²) in [7, 11) is 1.43. The lowest BCUT2D eigenvalue weighted by Crippen LogP contribution is -2.54. The van der Waals surface area contributed by atoms with Gasteiger partial charge in [0.05, 0.1) is 18.7 Å². The molecule has 0 bridgehead atoms. The lowest BCUT2D eigenvalue weighted by atomic mass is 9.89. The van der Waals surface area contributed by atoms with Crippen molar-refractivity contribution < 1.29 is 18.3 Å². The predicted octanol–water partition coefficient (Wildman–Crippen LogP) is 2.12. The van der Waals surface area contributed by atoms with Gasteiger partial charge in [-0.1, -0.05) is 30.3 Å². The van der Waals surface area contributed by atoms with Gasteiger partial charge in [-0.25, -0.2) is 0 Å². The van der Waals surface area contributed by atoms with Crippen LogP contribution in [-0.4, -0.2) is 49.0 Å². The zero-order valence-electron chi connectivity index (χ0n) is 12.0. The summed E-state index contributed by atoms with van der Waals surface area (Å²) in [6, 6.07) is 9.47. The number of hydrogen-bond donors (Lipinski definition) is 2. The van der Waals surface area contributed by atoms with Gasteiger partial charge in [0.2, 0.25) is 0 Å². The molecule has 0 aliphatic heterocycles. The van der Waals surface area contributed by atoms with Gasteiger partial charge >= 0.3 is 6.18 Å². The standard InChI is InChI=1S/C15H21F3N2O/c1-20(10-15(16,17)18)9-14(11-21,19-13-7-8-13)12-5-3-2-4-6-12/h2-6,13,19,21H,7-11H2,1H3. The minimum absolute atomic E-state index is 0.101. The number of aliphatic hydroxyl groups is 1. The van der Waals surface area contributed by atoms with Gasteiger partial charge < -0.3 is 10.4 Å². The Morgan fingerprint density at radius 2 is 1.81 bits per heavy atom. The molecule has 1 saturated carbocycles. The van der Waals surface area contributed by atoms with Crippen LogP contribution in [0, 0.1) is 0 Å². The molecular formula is C15H21F3N2O. The number of likely N-dealkylation sites (N-methyl/N-ethyl adjacent to an activating group) is 1. The molecule has 0 amide bonds. The summed E-state index contributed by atoms with van der Waals surface area (Å²) in [6.45, 7) is -1.13. The molecular weight excluding hydrogens is 281 g/mol. The van der Waals surface area contributed by atoms with Crippen LogP contribution < -0.4 is 5.32 Å². The van der Waals surface area contributed by atoms with Gasteiger partial charge in [-0.3, -0.25) is 4.90 Å². The third-order valence-corrected chi connectivity index (χ3v) is 3.64. The van der Waals surface area contributed by atoms with Crippen molar-refractivity contribution in [3.8, 4) is 0 Å². The largest absolute Gasteiger partial charge is 0.401 e. The van der Waals surface area contributed by atoms with Crippen molar-refractivity contribution in [2.24, 2.45) is 0 Å². The van der Waals surface area contributed by atoms with E-state index >= 15 is 0 Å². The fourth-order valence-electron chi connectivity index (χ4n) is 2.61. The molecule has 2 rings (SSSR count). The van der Waals surface area contributed by atoms with E-state index in [9.17, 15) is 18.3 Å². The summed E-state index contributed by atoms with van der Waals surface area (Å²) in [4.78, 5) is 1.21. The fourth-order valence-corrected chi connectivity index (χ4v) is 2.61. The third kappa shape index (κ3) is 4.69. The highest BCUT2D eigenvalue weighted by atomic mass is 19.4. The topological polar surface area (TPSA) is 35.5 Å². The van der Waals surface area contributed by atoms with Gasteiger partial charge in [-0.15, -0.1) is 0 Å². The Labute approximate surface area is 122 Å². The van der Waals surface area contributed by atoms with Gasteiger partial charge in [0.15, 0.2) is 0 Å². The Balaban J connectivity index is 2.18. The van der Waals surface area contributed by atoms with Crippen LogP contribution in [0.3, 0.4) is 0 Å². The van der Waals surface area contributed by atoms with Crippen LogP contribution in [0.15, 0.2) is 30.3 Å². The lowest BCUT2D eigenvalue weighted by molar-refractivity contribution is -0.145. The molecule has 0 heterocycles. The molecule has 118 valence electrons. The average molecular weight is 302 g/mol. The Kier molecular flexibility index (Phi) is 4.91. The van der Waals surface area contributed by atoms with Crippen molar-refractivity contribution >= 4 is 0 Å². The first-order valence-corrected chi connectivity index (χ1v) is 7.04. The first kappa shape index (κ1) is 16.3. The second-order valence-corrected chi connectivity index (χ2v) is 5.81. The van der Waals surface area contributed by atoms with Crippen LogP contribution in [-0.2, 0) is 5.54 Å². The molecule has 1 fully saturated rings. The van der Waals surface area contributed by atoms with Crippen LogP contribution in [0.2, 0.25) is 0 Å². The van der Waals surface area contributed by atoms with Crippen molar-refractivity contribution in [2.75, 3.05) is 26.7 Å². The molecule has 6 heteroatoms. The van der Waals surface area contributed by atoms with Crippen molar-refractivity contribution in [3.05, 3.63) is 35.9 Å². The van der Waals surface area contributed by atoms with E-state index in [0.29, 0.717) is 0 Å². The van der Waals surface area contributed by atoms with E-state index in [4.69, 9.17) is 0 Å². The van der Waals surface area contributed by atoms with Gasteiger partial charge in [0.25, 0.3) is 0 Å². The maximum absolute atomic E-state index is 12.5. The molecule has 1 aromatic rings. The number of nitrogens with zero attached hydrogens (tertiary/aromatic N) is 1. The molecule has 1 atom stereocenters. The quantitative estimate of drug-likeness (QED) is 0.810. The van der Waals surface area contributed by atoms with E-state index in [1.165, 1.54) is 11.9 Å². The zero-order chi connectivity index (χ0) is 15.5. The summed E-state index contributed by atoms with van der Waals surface area (Å²) in [6.07, 6.45) is -2.25. The molecule has 21 heavy (non-hydrogen) atoms. The fraction of sp³-hybridized carbons (Fsp3) is 0.600. The lowest BCUT2D eigenvalue weighted by Gasteiger charge is -2.37. The Morgan fingerprint density at radius 3 is 2.29 bits per heavy atom. The number of halogens is 3. The molecule has 1 aliphatic rings. The molecule has 1 unspecified atom stereocenters. The monoisotopic (exact) mass is 302 g/mol. The van der Waals surface area contributed by atoms with Gasteiger partial charge in [-0.05, 0) is 25.5 Å². The number of benzene rings is 1. The third-order valence-electron chi connectivity index (χ3n) is 3.64. The van der Waals surface area contributed by atoms with Crippen LogP contribution >= 0.6 is 0 Å². The summed E-state index contributed by atoms with van der Waals surface area (Å²) < 4.78 is 37.6. The summed E-state index contributed by atoms with van der Waals surface area (Å²) >= 11 is 0. The number of rotatable bonds is 7. The summed E-state index contributed by atoms with van der Waals surface area (Å²) in [5, 5.41) is 13.2. The average Bonchev–Trinajstić information content (AvgIpc) is 3.20. The van der Waals surface area contributed by atoms with Gasteiger partial charge in [-0.2, -0.15) is 13.2 Å². The number of hydrogen-bond acceptors (Lipinski definition) is 3. The van der Waals surface area contributed by atoms with E-state index in [2.05, 4.69) is 5.32 Å². The van der Waals surface area contributed by atoms with E-state index in [-0.39, 0.29) is 19.2 Å². The molecule has 3 nitrogen and oxygen atoms in total. The molecule has 0 radical (unpaired) electrons. The highest BCUT2D eigenvalue weighted by molar-refractivity contribution is 5.26. The highest BCUT2D eigenvalue weighted by Crippen LogP contribution is 2.30. The van der Waals surface area contributed by atoms with Crippen LogP contribution in [0.4, 0.5) is 13.2 Å². The first-order valence-electron chi connectivity index (χ1n) is 7.04. The molecule has 0 aromatic heterocycles. The summed E-state index contributed by atoms with van der Waals surface area (Å²) in [5.41, 5.74) is -0.0453. The molecule has 1 aliphatic carbocycles. The van der Waals surface area contributed by atoms with Crippen LogP contribution in [0.25, 0.3) is 0 Å². The minimum atomic E-state index is -4.24.